The van der Waals surface area contributed by atoms with Gasteiger partial charge >= 0.3 is 0 Å². The molecule has 2 aromatic rings. The maximum absolute atomic E-state index is 11.9. The predicted octanol–water partition coefficient (Wildman–Crippen LogP) is 3.86. The lowest BCUT2D eigenvalue weighted by Gasteiger charge is -2.22. The van der Waals surface area contributed by atoms with Crippen LogP contribution in [0.3, 0.4) is 0 Å². The highest BCUT2D eigenvalue weighted by atomic mass is 16.5. The van der Waals surface area contributed by atoms with Gasteiger partial charge in [0.15, 0.2) is 11.5 Å². The van der Waals surface area contributed by atoms with Crippen LogP contribution in [-0.2, 0) is 4.79 Å². The fourth-order valence-electron chi connectivity index (χ4n) is 4.86. The largest absolute Gasteiger partial charge is 0.355 e. The van der Waals surface area contributed by atoms with Gasteiger partial charge in [-0.1, -0.05) is 50.1 Å². The average Bonchev–Trinajstić information content (AvgIpc) is 3.51. The van der Waals surface area contributed by atoms with Gasteiger partial charge in [-0.05, 0) is 25.2 Å². The first-order valence-electron chi connectivity index (χ1n) is 11.6. The van der Waals surface area contributed by atoms with Gasteiger partial charge in [0.2, 0.25) is 17.6 Å². The molecule has 1 saturated carbocycles. The third-order valence-corrected chi connectivity index (χ3v) is 6.53. The molecule has 0 bridgehead atoms. The number of nitrogens with one attached hydrogen (secondary N) is 1. The SMILES string of the molecule is O=C(C[C@@H](CCCC1CCCCC1)c1nc(-c2nccnc2N2CCCC2)no1)NO. The van der Waals surface area contributed by atoms with E-state index in [1.807, 2.05) is 0 Å². The molecule has 4 rings (SSSR count). The Kier molecular flexibility index (Phi) is 7.45. The van der Waals surface area contributed by atoms with Crippen LogP contribution in [0.5, 0.6) is 0 Å². The maximum Gasteiger partial charge on any atom is 0.244 e. The van der Waals surface area contributed by atoms with Gasteiger partial charge in [-0.3, -0.25) is 10.0 Å². The van der Waals surface area contributed by atoms with Gasteiger partial charge in [0, 0.05) is 37.8 Å². The zero-order valence-corrected chi connectivity index (χ0v) is 18.0. The lowest BCUT2D eigenvalue weighted by Crippen LogP contribution is -2.21. The number of carbonyl (C=O) groups is 1. The Bertz CT molecular complexity index is 845. The fourth-order valence-corrected chi connectivity index (χ4v) is 4.86. The number of rotatable bonds is 9. The molecule has 2 fully saturated rings. The molecule has 31 heavy (non-hydrogen) atoms. The van der Waals surface area contributed by atoms with Crippen molar-refractivity contribution in [3.8, 4) is 11.5 Å². The van der Waals surface area contributed by atoms with E-state index in [1.54, 1.807) is 17.9 Å². The number of carbonyl (C=O) groups excluding carboxylic acids is 1. The first kappa shape index (κ1) is 21.7. The molecule has 1 aliphatic heterocycles. The molecule has 1 saturated heterocycles. The molecule has 3 heterocycles. The Morgan fingerprint density at radius 3 is 2.71 bits per heavy atom. The summed E-state index contributed by atoms with van der Waals surface area (Å²) in [5.74, 6) is 1.69. The Labute approximate surface area is 182 Å². The third-order valence-electron chi connectivity index (χ3n) is 6.53. The van der Waals surface area contributed by atoms with Crippen molar-refractivity contribution in [2.75, 3.05) is 18.0 Å². The van der Waals surface area contributed by atoms with Crippen LogP contribution in [0.1, 0.15) is 82.4 Å². The van der Waals surface area contributed by atoms with Crippen LogP contribution in [0, 0.1) is 5.92 Å². The summed E-state index contributed by atoms with van der Waals surface area (Å²) in [6.07, 6.45) is 15.2. The molecule has 0 spiro atoms. The van der Waals surface area contributed by atoms with E-state index in [-0.39, 0.29) is 12.3 Å². The van der Waals surface area contributed by atoms with Crippen molar-refractivity contribution in [2.45, 2.75) is 76.5 Å². The van der Waals surface area contributed by atoms with Crippen LogP contribution >= 0.6 is 0 Å². The Morgan fingerprint density at radius 1 is 1.16 bits per heavy atom. The molecule has 0 unspecified atom stereocenters. The van der Waals surface area contributed by atoms with Crippen molar-refractivity contribution in [3.63, 3.8) is 0 Å². The zero-order chi connectivity index (χ0) is 21.5. The van der Waals surface area contributed by atoms with Crippen LogP contribution in [0.2, 0.25) is 0 Å². The Hall–Kier alpha value is -2.55. The molecule has 1 amide bonds. The second-order valence-electron chi connectivity index (χ2n) is 8.75. The molecular formula is C22H32N6O3. The average molecular weight is 429 g/mol. The molecule has 9 heteroatoms. The smallest absolute Gasteiger partial charge is 0.244 e. The molecule has 0 radical (unpaired) electrons. The van der Waals surface area contributed by atoms with Gasteiger partial charge in [0.25, 0.3) is 0 Å². The summed E-state index contributed by atoms with van der Waals surface area (Å²) in [5.41, 5.74) is 2.34. The summed E-state index contributed by atoms with van der Waals surface area (Å²) in [7, 11) is 0. The summed E-state index contributed by atoms with van der Waals surface area (Å²) in [4.78, 5) is 27.6. The Morgan fingerprint density at radius 2 is 1.94 bits per heavy atom. The molecule has 2 aliphatic rings. The van der Waals surface area contributed by atoms with Crippen molar-refractivity contribution < 1.29 is 14.5 Å². The second-order valence-corrected chi connectivity index (χ2v) is 8.75. The normalized spacial score (nSPS) is 18.3. The van der Waals surface area contributed by atoms with Crippen molar-refractivity contribution in [1.29, 1.82) is 0 Å². The molecule has 1 atom stereocenters. The summed E-state index contributed by atoms with van der Waals surface area (Å²) < 4.78 is 5.58. The summed E-state index contributed by atoms with van der Waals surface area (Å²) >= 11 is 0. The first-order chi connectivity index (χ1) is 15.2. The van der Waals surface area contributed by atoms with Crippen LogP contribution in [0.25, 0.3) is 11.5 Å². The highest BCUT2D eigenvalue weighted by Gasteiger charge is 2.26. The number of hydrogen-bond acceptors (Lipinski definition) is 8. The van der Waals surface area contributed by atoms with Gasteiger partial charge in [0.05, 0.1) is 0 Å². The molecule has 2 aromatic heterocycles. The van der Waals surface area contributed by atoms with Crippen molar-refractivity contribution in [3.05, 3.63) is 18.3 Å². The number of anilines is 1. The van der Waals surface area contributed by atoms with Crippen LogP contribution in [-0.4, -0.2) is 44.3 Å². The topological polar surface area (TPSA) is 117 Å². The van der Waals surface area contributed by atoms with Gasteiger partial charge in [-0.15, -0.1) is 0 Å². The number of aromatic nitrogens is 4. The number of nitrogens with zero attached hydrogens (tertiary/aromatic N) is 5. The number of hydrogen-bond donors (Lipinski definition) is 2. The highest BCUT2D eigenvalue weighted by molar-refractivity contribution is 5.75. The monoisotopic (exact) mass is 428 g/mol. The van der Waals surface area contributed by atoms with Gasteiger partial charge in [-0.25, -0.2) is 15.4 Å². The van der Waals surface area contributed by atoms with E-state index in [2.05, 4.69) is 25.0 Å². The molecule has 0 aromatic carbocycles. The lowest BCUT2D eigenvalue weighted by molar-refractivity contribution is -0.129. The predicted molar refractivity (Wildman–Crippen MR) is 114 cm³/mol. The van der Waals surface area contributed by atoms with Crippen LogP contribution in [0.4, 0.5) is 5.82 Å². The van der Waals surface area contributed by atoms with E-state index in [9.17, 15) is 4.79 Å². The minimum absolute atomic E-state index is 0.113. The van der Waals surface area contributed by atoms with Gasteiger partial charge in [-0.2, -0.15) is 4.98 Å². The first-order valence-corrected chi connectivity index (χ1v) is 11.6. The van der Waals surface area contributed by atoms with Gasteiger partial charge < -0.3 is 9.42 Å². The molecular weight excluding hydrogens is 396 g/mol. The fraction of sp³-hybridized carbons (Fsp3) is 0.682. The highest BCUT2D eigenvalue weighted by Crippen LogP contribution is 2.33. The maximum atomic E-state index is 11.9. The van der Waals surface area contributed by atoms with Crippen LogP contribution in [0.15, 0.2) is 16.9 Å². The van der Waals surface area contributed by atoms with E-state index in [0.717, 1.165) is 56.9 Å². The molecule has 168 valence electrons. The van der Waals surface area contributed by atoms with Crippen molar-refractivity contribution in [1.82, 2.24) is 25.6 Å². The summed E-state index contributed by atoms with van der Waals surface area (Å²) in [6, 6.07) is 0. The van der Waals surface area contributed by atoms with E-state index < -0.39 is 5.91 Å². The van der Waals surface area contributed by atoms with E-state index >= 15 is 0 Å². The lowest BCUT2D eigenvalue weighted by atomic mass is 9.84. The van der Waals surface area contributed by atoms with E-state index in [4.69, 9.17) is 9.73 Å². The van der Waals surface area contributed by atoms with Crippen molar-refractivity contribution >= 4 is 11.7 Å². The second kappa shape index (κ2) is 10.7. The van der Waals surface area contributed by atoms with Gasteiger partial charge in [0.1, 0.15) is 0 Å². The van der Waals surface area contributed by atoms with Crippen molar-refractivity contribution in [2.24, 2.45) is 5.92 Å². The minimum Gasteiger partial charge on any atom is -0.355 e. The molecule has 9 nitrogen and oxygen atoms in total. The Balaban J connectivity index is 1.47. The standard InChI is InChI=1S/C22H32N6O3/c29-18(26-30)15-17(10-6-9-16-7-2-1-3-8-16)22-25-20(27-31-22)19-21(24-12-11-23-19)28-13-4-5-14-28/h11-12,16-17,30H,1-10,13-15H2,(H,26,29)/t17-/m1/s1. The minimum atomic E-state index is -0.445. The third kappa shape index (κ3) is 5.58. The quantitative estimate of drug-likeness (QED) is 0.457. The summed E-state index contributed by atoms with van der Waals surface area (Å²) in [6.45, 7) is 1.88. The molecule has 2 N–H and O–H groups in total. The number of amides is 1. The van der Waals surface area contributed by atoms with E-state index in [0.29, 0.717) is 17.4 Å². The number of hydroxylamine groups is 1. The van der Waals surface area contributed by atoms with E-state index in [1.165, 1.54) is 32.1 Å². The summed E-state index contributed by atoms with van der Waals surface area (Å²) in [5, 5.41) is 13.2. The zero-order valence-electron chi connectivity index (χ0n) is 18.0. The molecule has 1 aliphatic carbocycles. The van der Waals surface area contributed by atoms with Crippen LogP contribution < -0.4 is 10.4 Å².